The van der Waals surface area contributed by atoms with E-state index in [0.29, 0.717) is 0 Å². The van der Waals surface area contributed by atoms with Crippen molar-refractivity contribution >= 4 is 121 Å². The van der Waals surface area contributed by atoms with Crippen LogP contribution in [0, 0.1) is 0 Å². The third-order valence-corrected chi connectivity index (χ3v) is 0. The Labute approximate surface area is 223 Å². The number of hydrogen-bond acceptors (Lipinski definition) is 1. The van der Waals surface area contributed by atoms with Crippen LogP contribution in [0.2, 0.25) is 0 Å². The molecule has 10 heavy (non-hydrogen) atoms. The molecule has 0 bridgehead atoms. The second-order valence-corrected chi connectivity index (χ2v) is 0.848. The summed E-state index contributed by atoms with van der Waals surface area (Å²) in [6, 6.07) is 0. The van der Waals surface area contributed by atoms with Crippen molar-refractivity contribution in [2.24, 2.45) is 0 Å². The van der Waals surface area contributed by atoms with Crippen molar-refractivity contribution in [3.8, 4) is 0 Å². The number of rotatable bonds is 0. The summed E-state index contributed by atoms with van der Waals surface area (Å²) >= 11 is 0. The molecule has 0 rings (SSSR count). The van der Waals surface area contributed by atoms with E-state index in [2.05, 4.69) is 0 Å². The van der Waals surface area contributed by atoms with Crippen LogP contribution in [-0.4, -0.2) is 136 Å². The normalized spacial score (nSPS) is 2.40. The van der Waals surface area contributed by atoms with E-state index in [1.807, 2.05) is 0 Å². The Kier molecular flexibility index (Phi) is 163. The quantitative estimate of drug-likeness (QED) is 0.383. The molecule has 0 unspecified atom stereocenters. The molecular weight excluding hydrogens is 406 g/mol. The molecule has 0 aromatic rings. The van der Waals surface area contributed by atoms with Crippen LogP contribution in [0.25, 0.3) is 0 Å². The van der Waals surface area contributed by atoms with Crippen LogP contribution in [0.3, 0.4) is 0 Å². The zero-order valence-electron chi connectivity index (χ0n) is 11.7. The molecule has 0 heterocycles. The summed E-state index contributed by atoms with van der Waals surface area (Å²) in [6.45, 7) is 0. The predicted octanol–water partition coefficient (Wildman–Crippen LogP) is -9.70. The molecule has 0 spiro atoms. The monoisotopic (exact) mass is 420 g/mol. The zero-order chi connectivity index (χ0) is 3.58. The van der Waals surface area contributed by atoms with E-state index in [9.17, 15) is 0 Å². The molecule has 0 aliphatic carbocycles. The molecule has 0 saturated heterocycles. The Balaban J connectivity index is -0.000000000682. The summed E-state index contributed by atoms with van der Waals surface area (Å²) in [5.41, 5.74) is 0. The molecule has 0 radical (unpaired) electrons. The molecule has 4 nitrogen and oxygen atoms in total. The minimum atomic E-state index is -3.13. The summed E-state index contributed by atoms with van der Waals surface area (Å²) in [6.07, 6.45) is 0. The van der Waals surface area contributed by atoms with Gasteiger partial charge in [-0.25, -0.2) is 0 Å². The molecule has 4 N–H and O–H groups in total. The van der Waals surface area contributed by atoms with Crippen LogP contribution < -0.4 is 80.9 Å². The Morgan fingerprint density at radius 3 is 1.30 bits per heavy atom. The molecule has 0 aromatic carbocycles. The van der Waals surface area contributed by atoms with Gasteiger partial charge in [-0.05, 0) is 0 Å². The third-order valence-electron chi connectivity index (χ3n) is 0. The fraction of sp³-hybridized carbons (Fsp3) is 0. The minimum absolute atomic E-state index is 0. The second-order valence-electron chi connectivity index (χ2n) is 0.283. The molecule has 50 valence electrons. The van der Waals surface area contributed by atoms with E-state index in [0.717, 1.165) is 0 Å². The van der Waals surface area contributed by atoms with Crippen molar-refractivity contribution < 1.29 is 109 Å². The Bertz CT molecular complexity index is 63.5. The van der Waals surface area contributed by atoms with E-state index >= 15 is 0 Å². The predicted molar refractivity (Wildman–Crippen MR) is 42.6 cm³/mol. The summed E-state index contributed by atoms with van der Waals surface area (Å²) in [5, 5.41) is 0. The molecule has 0 aromatic heterocycles. The van der Waals surface area contributed by atoms with Crippen molar-refractivity contribution in [2.75, 3.05) is 0 Å². The van der Waals surface area contributed by atoms with Gasteiger partial charge in [0, 0.05) is 0 Å². The fourth-order valence-electron chi connectivity index (χ4n) is 0. The van der Waals surface area contributed by atoms with Crippen LogP contribution >= 0.6 is 0 Å². The van der Waals surface area contributed by atoms with E-state index in [-0.39, 0.29) is 207 Å². The first kappa shape index (κ1) is 44.7. The summed E-state index contributed by atoms with van der Waals surface area (Å²) in [4.78, 5) is 14.3. The van der Waals surface area contributed by atoms with Crippen LogP contribution in [0.4, 0.5) is 0 Å². The summed E-state index contributed by atoms with van der Waals surface area (Å²) in [5.74, 6) is 0. The SMILES string of the molecule is O.O=[Si](O)O.[AlH3].[Ba+2].[H-].[H-].[H-].[H-].[H-].[H-].[K+].[Na+].[Sr+2]. The minimum Gasteiger partial charge on any atom is -1.00 e. The summed E-state index contributed by atoms with van der Waals surface area (Å²) < 4.78 is 8.74. The summed E-state index contributed by atoms with van der Waals surface area (Å²) in [7, 11) is -3.13. The van der Waals surface area contributed by atoms with Gasteiger partial charge in [0.2, 0.25) is 0 Å². The van der Waals surface area contributed by atoms with Gasteiger partial charge in [0.05, 0.1) is 0 Å². The van der Waals surface area contributed by atoms with Gasteiger partial charge >= 0.3 is 184 Å². The van der Waals surface area contributed by atoms with Crippen molar-refractivity contribution in [2.45, 2.75) is 0 Å². The zero-order valence-corrected chi connectivity index (χ0v) is 19.8. The van der Waals surface area contributed by atoms with Crippen molar-refractivity contribution in [3.05, 3.63) is 0 Å². The largest absolute Gasteiger partial charge is 2.00 e. The van der Waals surface area contributed by atoms with Gasteiger partial charge in [0.15, 0.2) is 17.4 Å². The van der Waals surface area contributed by atoms with Gasteiger partial charge in [-0.1, -0.05) is 0 Å². The topological polar surface area (TPSA) is 89.0 Å². The van der Waals surface area contributed by atoms with Crippen LogP contribution in [0.5, 0.6) is 0 Å². The van der Waals surface area contributed by atoms with Crippen LogP contribution in [0.1, 0.15) is 8.56 Å². The Morgan fingerprint density at radius 2 is 1.30 bits per heavy atom. The first-order valence-corrected chi connectivity index (χ1v) is 1.95. The molecule has 0 atom stereocenters. The van der Waals surface area contributed by atoms with Gasteiger partial charge < -0.3 is 23.6 Å². The fourth-order valence-corrected chi connectivity index (χ4v) is 0. The van der Waals surface area contributed by atoms with Crippen LogP contribution in [0.15, 0.2) is 0 Å². The smallest absolute Gasteiger partial charge is 1.00 e. The molecule has 0 saturated carbocycles. The van der Waals surface area contributed by atoms with E-state index in [1.54, 1.807) is 0 Å². The molecule has 0 amide bonds. The maximum atomic E-state index is 8.74. The van der Waals surface area contributed by atoms with Gasteiger partial charge in [-0.3, -0.25) is 4.46 Å². The van der Waals surface area contributed by atoms with Gasteiger partial charge in [0.1, 0.15) is 0 Å². The first-order valence-electron chi connectivity index (χ1n) is 0.651. The van der Waals surface area contributed by atoms with Gasteiger partial charge in [-0.15, -0.1) is 0 Å². The average Bonchev–Trinajstić information content (AvgIpc) is 0.811. The number of hydrogen-bond donors (Lipinski definition) is 2. The van der Waals surface area contributed by atoms with E-state index in [4.69, 9.17) is 14.1 Å². The van der Waals surface area contributed by atoms with E-state index in [1.165, 1.54) is 0 Å². The van der Waals surface area contributed by atoms with Crippen LogP contribution in [-0.2, 0) is 4.46 Å². The van der Waals surface area contributed by atoms with Crippen molar-refractivity contribution in [1.82, 2.24) is 0 Å². The Morgan fingerprint density at radius 1 is 1.30 bits per heavy atom. The molecule has 0 aliphatic rings. The molecular formula is H13AlBaKNaO4SiSr. The molecule has 0 aliphatic heterocycles. The maximum Gasteiger partial charge on any atom is 2.00 e. The van der Waals surface area contributed by atoms with E-state index < -0.39 is 9.17 Å². The average molecular weight is 419 g/mol. The maximum absolute atomic E-state index is 8.74. The van der Waals surface area contributed by atoms with Crippen molar-refractivity contribution in [3.63, 3.8) is 0 Å². The standard InChI is InChI=1S/Al.Ba.K.Na.H2O3Si.H2O.Sr.9H/c;;;;1-4(2)3;;;;;;;;;;;/h;;;;1-2H;1H2;;;;;;;;;;/q;+2;2*+1;;;+2;;;;6*-1. The first-order chi connectivity index (χ1) is 1.73. The third kappa shape index (κ3) is 67.2. The van der Waals surface area contributed by atoms with Gasteiger partial charge in [-0.2, -0.15) is 0 Å². The molecule has 0 fully saturated rings. The second kappa shape index (κ2) is 36.4. The Hall–Kier alpha value is 5.80. The molecule has 10 heteroatoms. The van der Waals surface area contributed by atoms with Gasteiger partial charge in [0.25, 0.3) is 0 Å². The van der Waals surface area contributed by atoms with Crippen molar-refractivity contribution in [1.29, 1.82) is 0 Å².